The van der Waals surface area contributed by atoms with Gasteiger partial charge in [-0.1, -0.05) is 12.1 Å². The van der Waals surface area contributed by atoms with Gasteiger partial charge in [-0.3, -0.25) is 4.79 Å². The summed E-state index contributed by atoms with van der Waals surface area (Å²) in [4.78, 5) is 22.9. The van der Waals surface area contributed by atoms with Crippen molar-refractivity contribution in [1.29, 1.82) is 0 Å². The van der Waals surface area contributed by atoms with E-state index in [2.05, 4.69) is 17.4 Å². The zero-order valence-electron chi connectivity index (χ0n) is 17.9. The van der Waals surface area contributed by atoms with Gasteiger partial charge in [0, 0.05) is 43.7 Å². The van der Waals surface area contributed by atoms with Crippen LogP contribution in [0.25, 0.3) is 0 Å². The molecular formula is C24H29FN2O4. The molecule has 0 radical (unpaired) electrons. The zero-order valence-corrected chi connectivity index (χ0v) is 17.9. The number of fused-ring (bicyclic) bond motifs is 1. The summed E-state index contributed by atoms with van der Waals surface area (Å²) in [5.74, 6) is -0.357. The number of carbonyl (C=O) groups is 2. The highest BCUT2D eigenvalue weighted by molar-refractivity contribution is 5.71. The summed E-state index contributed by atoms with van der Waals surface area (Å²) in [5.41, 5.74) is 3.10. The molecule has 2 aliphatic rings. The summed E-state index contributed by atoms with van der Waals surface area (Å²) in [7, 11) is 3.57. The first kappa shape index (κ1) is 22.7. The largest absolute Gasteiger partial charge is 0.497 e. The topological polar surface area (TPSA) is 78.9 Å². The zero-order chi connectivity index (χ0) is 22.4. The molecule has 1 heterocycles. The van der Waals surface area contributed by atoms with E-state index in [1.165, 1.54) is 17.7 Å². The number of carboxylic acids is 1. The average Bonchev–Trinajstić information content (AvgIpc) is 3.48. The summed E-state index contributed by atoms with van der Waals surface area (Å²) in [6.45, 7) is 1.39. The summed E-state index contributed by atoms with van der Waals surface area (Å²) in [6, 6.07) is 12.7. The van der Waals surface area contributed by atoms with Gasteiger partial charge in [0.2, 0.25) is 0 Å². The van der Waals surface area contributed by atoms with E-state index in [-0.39, 0.29) is 23.7 Å². The van der Waals surface area contributed by atoms with Crippen molar-refractivity contribution in [3.05, 3.63) is 59.4 Å². The van der Waals surface area contributed by atoms with Gasteiger partial charge in [0.1, 0.15) is 17.9 Å². The number of nitrogens with zero attached hydrogens (tertiary/aromatic N) is 1. The van der Waals surface area contributed by atoms with Crippen LogP contribution in [0.2, 0.25) is 0 Å². The molecule has 0 amide bonds. The highest BCUT2D eigenvalue weighted by Gasteiger charge is 2.43. The molecule has 31 heavy (non-hydrogen) atoms. The number of aldehydes is 1. The molecule has 2 N–H and O–H groups in total. The molecule has 1 aliphatic heterocycles. The maximum atomic E-state index is 13.0. The molecule has 0 bridgehead atoms. The standard InChI is InChI=1S/C13H17NO2.C11H12FNO2/c1-16-12-5-2-4-11(10-12)13(6-7-13)14-8-3-9-15;1-13-6-7(4-11(14)15)9-5-8(12)2-3-10(9)13/h2,4-5,9-10,14H,3,6-8H2,1H3;2-3,5,7H,4,6H2,1H3,(H,14,15). The number of hydrogen-bond donors (Lipinski definition) is 2. The number of carbonyl (C=O) groups excluding carboxylic acids is 1. The fraction of sp³-hybridized carbons (Fsp3) is 0.417. The Morgan fingerprint density at radius 1 is 1.32 bits per heavy atom. The van der Waals surface area contributed by atoms with Crippen molar-refractivity contribution in [3.8, 4) is 5.75 Å². The first-order valence-corrected chi connectivity index (χ1v) is 10.4. The van der Waals surface area contributed by atoms with Crippen LogP contribution in [0.15, 0.2) is 42.5 Å². The van der Waals surface area contributed by atoms with E-state index in [0.29, 0.717) is 13.0 Å². The number of ether oxygens (including phenoxy) is 1. The number of anilines is 1. The van der Waals surface area contributed by atoms with E-state index in [4.69, 9.17) is 9.84 Å². The van der Waals surface area contributed by atoms with Crippen LogP contribution in [0.4, 0.5) is 10.1 Å². The summed E-state index contributed by atoms with van der Waals surface area (Å²) in [5, 5.41) is 12.2. The number of rotatable bonds is 8. The maximum Gasteiger partial charge on any atom is 0.304 e. The van der Waals surface area contributed by atoms with E-state index in [1.807, 2.05) is 24.1 Å². The third-order valence-corrected chi connectivity index (χ3v) is 5.85. The summed E-state index contributed by atoms with van der Waals surface area (Å²) >= 11 is 0. The molecule has 6 nitrogen and oxygen atoms in total. The fourth-order valence-corrected chi connectivity index (χ4v) is 4.10. The lowest BCUT2D eigenvalue weighted by Gasteiger charge is -2.17. The van der Waals surface area contributed by atoms with Crippen LogP contribution in [-0.4, -0.2) is 44.6 Å². The van der Waals surface area contributed by atoms with Gasteiger partial charge >= 0.3 is 5.97 Å². The second-order valence-electron chi connectivity index (χ2n) is 8.07. The lowest BCUT2D eigenvalue weighted by atomic mass is 9.98. The number of halogens is 1. The Bertz CT molecular complexity index is 930. The van der Waals surface area contributed by atoms with E-state index < -0.39 is 5.97 Å². The Labute approximate surface area is 182 Å². The average molecular weight is 429 g/mol. The van der Waals surface area contributed by atoms with Crippen LogP contribution in [0.3, 0.4) is 0 Å². The quantitative estimate of drug-likeness (QED) is 0.493. The number of benzene rings is 2. The molecule has 1 aliphatic carbocycles. The summed E-state index contributed by atoms with van der Waals surface area (Å²) in [6.07, 6.45) is 3.86. The van der Waals surface area contributed by atoms with Crippen LogP contribution >= 0.6 is 0 Å². The third-order valence-electron chi connectivity index (χ3n) is 5.85. The van der Waals surface area contributed by atoms with Crippen molar-refractivity contribution in [2.24, 2.45) is 0 Å². The van der Waals surface area contributed by atoms with Crippen molar-refractivity contribution >= 4 is 17.9 Å². The van der Waals surface area contributed by atoms with Gasteiger partial charge in [-0.25, -0.2) is 4.39 Å². The van der Waals surface area contributed by atoms with Gasteiger partial charge in [-0.2, -0.15) is 0 Å². The molecule has 1 fully saturated rings. The predicted molar refractivity (Wildman–Crippen MR) is 117 cm³/mol. The van der Waals surface area contributed by atoms with Crippen molar-refractivity contribution in [2.75, 3.05) is 32.1 Å². The van der Waals surface area contributed by atoms with Crippen LogP contribution in [-0.2, 0) is 15.1 Å². The van der Waals surface area contributed by atoms with Crippen LogP contribution < -0.4 is 15.0 Å². The lowest BCUT2D eigenvalue weighted by Crippen LogP contribution is -2.29. The predicted octanol–water partition coefficient (Wildman–Crippen LogP) is 3.70. The van der Waals surface area contributed by atoms with Gasteiger partial charge in [0.25, 0.3) is 0 Å². The van der Waals surface area contributed by atoms with Crippen LogP contribution in [0, 0.1) is 5.82 Å². The van der Waals surface area contributed by atoms with Gasteiger partial charge in [0.05, 0.1) is 13.5 Å². The first-order chi connectivity index (χ1) is 14.9. The second-order valence-corrected chi connectivity index (χ2v) is 8.07. The normalized spacial score (nSPS) is 17.9. The Hall–Kier alpha value is -2.93. The maximum absolute atomic E-state index is 13.0. The SMILES string of the molecule is CN1CC(CC(=O)O)c2cc(F)ccc21.COc1cccc(C2(NCCC=O)CC2)c1. The molecule has 166 valence electrons. The van der Waals surface area contributed by atoms with Crippen molar-refractivity contribution in [2.45, 2.75) is 37.1 Å². The highest BCUT2D eigenvalue weighted by atomic mass is 19.1. The number of nitrogens with one attached hydrogen (secondary N) is 1. The van der Waals surface area contributed by atoms with Crippen molar-refractivity contribution in [3.63, 3.8) is 0 Å². The van der Waals surface area contributed by atoms with E-state index in [0.717, 1.165) is 42.7 Å². The summed E-state index contributed by atoms with van der Waals surface area (Å²) < 4.78 is 18.3. The molecule has 1 atom stereocenters. The minimum Gasteiger partial charge on any atom is -0.497 e. The monoisotopic (exact) mass is 428 g/mol. The van der Waals surface area contributed by atoms with Gasteiger partial charge in [-0.15, -0.1) is 0 Å². The first-order valence-electron chi connectivity index (χ1n) is 10.4. The van der Waals surface area contributed by atoms with E-state index >= 15 is 0 Å². The van der Waals surface area contributed by atoms with E-state index in [1.54, 1.807) is 13.2 Å². The van der Waals surface area contributed by atoms with Gasteiger partial charge in [-0.05, 0) is 54.3 Å². The molecule has 7 heteroatoms. The Morgan fingerprint density at radius 3 is 2.74 bits per heavy atom. The second kappa shape index (κ2) is 9.92. The van der Waals surface area contributed by atoms with E-state index in [9.17, 15) is 14.0 Å². The van der Waals surface area contributed by atoms with Gasteiger partial charge in [0.15, 0.2) is 0 Å². The number of likely N-dealkylation sites (N-methyl/N-ethyl adjacent to an activating group) is 1. The van der Waals surface area contributed by atoms with Gasteiger partial charge < -0.3 is 24.9 Å². The van der Waals surface area contributed by atoms with Crippen LogP contribution in [0.5, 0.6) is 5.75 Å². The number of hydrogen-bond acceptors (Lipinski definition) is 5. The number of aliphatic carboxylic acids is 1. The smallest absolute Gasteiger partial charge is 0.304 e. The molecule has 1 saturated carbocycles. The number of carboxylic acid groups (broad SMARTS) is 1. The Kier molecular flexibility index (Phi) is 7.28. The molecule has 0 saturated heterocycles. The molecule has 4 rings (SSSR count). The van der Waals surface area contributed by atoms with Crippen LogP contribution in [0.1, 0.15) is 42.7 Å². The minimum absolute atomic E-state index is 0.0563. The molecule has 2 aromatic rings. The van der Waals surface area contributed by atoms with Crippen molar-refractivity contribution < 1.29 is 23.8 Å². The Balaban J connectivity index is 0.000000176. The number of methoxy groups -OCH3 is 1. The molecule has 0 spiro atoms. The third kappa shape index (κ3) is 5.61. The fourth-order valence-electron chi connectivity index (χ4n) is 4.10. The Morgan fingerprint density at radius 2 is 2.10 bits per heavy atom. The molecule has 0 aromatic heterocycles. The molecule has 2 aromatic carbocycles. The highest BCUT2D eigenvalue weighted by Crippen LogP contribution is 2.46. The molecular weight excluding hydrogens is 399 g/mol. The van der Waals surface area contributed by atoms with Crippen molar-refractivity contribution in [1.82, 2.24) is 5.32 Å². The minimum atomic E-state index is -0.842. The molecule has 1 unspecified atom stereocenters. The lowest BCUT2D eigenvalue weighted by molar-refractivity contribution is -0.137.